The second kappa shape index (κ2) is 3.19. The van der Waals surface area contributed by atoms with Crippen LogP contribution < -0.4 is 4.90 Å². The van der Waals surface area contributed by atoms with Crippen molar-refractivity contribution in [2.75, 3.05) is 11.4 Å². The number of nitrogens with zero attached hydrogens (tertiary/aromatic N) is 3. The Hall–Kier alpha value is -1.64. The first kappa shape index (κ1) is 8.65. The van der Waals surface area contributed by atoms with Crippen LogP contribution >= 0.6 is 0 Å². The zero-order valence-corrected chi connectivity index (χ0v) is 8.72. The van der Waals surface area contributed by atoms with E-state index in [9.17, 15) is 0 Å². The Labute approximate surface area is 88.8 Å². The highest BCUT2D eigenvalue weighted by Gasteiger charge is 2.25. The lowest BCUT2D eigenvalue weighted by molar-refractivity contribution is 0.482. The molecule has 0 spiro atoms. The lowest BCUT2D eigenvalue weighted by atomic mass is 10.0. The Morgan fingerprint density at radius 2 is 2.33 bits per heavy atom. The molecule has 0 bridgehead atoms. The van der Waals surface area contributed by atoms with Gasteiger partial charge in [0, 0.05) is 24.2 Å². The lowest BCUT2D eigenvalue weighted by Crippen LogP contribution is -2.45. The smallest absolute Gasteiger partial charge is 0.0905 e. The number of hydrogen-bond donors (Lipinski definition) is 0. The van der Waals surface area contributed by atoms with Crippen LogP contribution in [-0.2, 0) is 0 Å². The molecule has 2 aromatic heterocycles. The fourth-order valence-corrected chi connectivity index (χ4v) is 2.09. The monoisotopic (exact) mass is 199 g/mol. The van der Waals surface area contributed by atoms with Gasteiger partial charge in [-0.1, -0.05) is 0 Å². The predicted molar refractivity (Wildman–Crippen MR) is 61.0 cm³/mol. The molecule has 76 valence electrons. The van der Waals surface area contributed by atoms with E-state index in [1.165, 1.54) is 17.5 Å². The van der Waals surface area contributed by atoms with E-state index in [1.54, 1.807) is 0 Å². The largest absolute Gasteiger partial charge is 0.367 e. The second-order valence-electron chi connectivity index (χ2n) is 4.06. The molecule has 0 saturated carbocycles. The van der Waals surface area contributed by atoms with Gasteiger partial charge in [-0.05, 0) is 25.5 Å². The van der Waals surface area contributed by atoms with Crippen molar-refractivity contribution in [3.05, 3.63) is 30.7 Å². The first-order chi connectivity index (χ1) is 7.36. The van der Waals surface area contributed by atoms with Gasteiger partial charge in [0.25, 0.3) is 0 Å². The molecular formula is C12H13N3. The number of rotatable bonds is 1. The summed E-state index contributed by atoms with van der Waals surface area (Å²) in [6.45, 7) is 3.38. The normalized spacial score (nSPS) is 20.3. The molecule has 15 heavy (non-hydrogen) atoms. The maximum absolute atomic E-state index is 4.32. The SMILES string of the molecule is C[C@H]1CCN1c1cncc2ncccc12. The molecule has 0 aromatic carbocycles. The van der Waals surface area contributed by atoms with E-state index < -0.39 is 0 Å². The van der Waals surface area contributed by atoms with E-state index in [0.717, 1.165) is 12.1 Å². The topological polar surface area (TPSA) is 29.0 Å². The van der Waals surface area contributed by atoms with Crippen molar-refractivity contribution in [1.29, 1.82) is 0 Å². The molecule has 3 nitrogen and oxygen atoms in total. The molecule has 1 saturated heterocycles. The van der Waals surface area contributed by atoms with E-state index >= 15 is 0 Å². The summed E-state index contributed by atoms with van der Waals surface area (Å²) in [7, 11) is 0. The first-order valence-corrected chi connectivity index (χ1v) is 5.31. The van der Waals surface area contributed by atoms with Gasteiger partial charge in [-0.15, -0.1) is 0 Å². The second-order valence-corrected chi connectivity index (χ2v) is 4.06. The van der Waals surface area contributed by atoms with Crippen LogP contribution in [0.15, 0.2) is 30.7 Å². The maximum Gasteiger partial charge on any atom is 0.0905 e. The summed E-state index contributed by atoms with van der Waals surface area (Å²) in [6, 6.07) is 4.73. The van der Waals surface area contributed by atoms with Gasteiger partial charge in [-0.2, -0.15) is 0 Å². The lowest BCUT2D eigenvalue weighted by Gasteiger charge is -2.41. The van der Waals surface area contributed by atoms with Crippen LogP contribution in [-0.4, -0.2) is 22.6 Å². The van der Waals surface area contributed by atoms with Crippen molar-refractivity contribution in [3.63, 3.8) is 0 Å². The van der Waals surface area contributed by atoms with Gasteiger partial charge in [-0.25, -0.2) is 0 Å². The van der Waals surface area contributed by atoms with Gasteiger partial charge in [0.2, 0.25) is 0 Å². The Morgan fingerprint density at radius 3 is 3.07 bits per heavy atom. The summed E-state index contributed by atoms with van der Waals surface area (Å²) in [6.07, 6.45) is 6.85. The van der Waals surface area contributed by atoms with Crippen molar-refractivity contribution in [2.45, 2.75) is 19.4 Å². The fourth-order valence-electron chi connectivity index (χ4n) is 2.09. The number of anilines is 1. The zero-order chi connectivity index (χ0) is 10.3. The van der Waals surface area contributed by atoms with Crippen LogP contribution in [0.3, 0.4) is 0 Å². The van der Waals surface area contributed by atoms with E-state index in [1.807, 2.05) is 24.7 Å². The average molecular weight is 199 g/mol. The third-order valence-electron chi connectivity index (χ3n) is 3.14. The number of hydrogen-bond acceptors (Lipinski definition) is 3. The van der Waals surface area contributed by atoms with Crippen LogP contribution in [0, 0.1) is 0 Å². The molecule has 3 heteroatoms. The summed E-state index contributed by atoms with van der Waals surface area (Å²) in [5, 5.41) is 1.21. The highest BCUT2D eigenvalue weighted by atomic mass is 15.2. The summed E-state index contributed by atoms with van der Waals surface area (Å²) in [4.78, 5) is 11.0. The third kappa shape index (κ3) is 1.27. The molecule has 3 heterocycles. The molecule has 3 rings (SSSR count). The zero-order valence-electron chi connectivity index (χ0n) is 8.72. The van der Waals surface area contributed by atoms with E-state index in [2.05, 4.69) is 27.9 Å². The molecule has 1 atom stereocenters. The van der Waals surface area contributed by atoms with Gasteiger partial charge in [0.1, 0.15) is 0 Å². The van der Waals surface area contributed by atoms with Gasteiger partial charge in [0.15, 0.2) is 0 Å². The quantitative estimate of drug-likeness (QED) is 0.705. The first-order valence-electron chi connectivity index (χ1n) is 5.31. The number of pyridine rings is 2. The van der Waals surface area contributed by atoms with Crippen LogP contribution in [0.4, 0.5) is 5.69 Å². The van der Waals surface area contributed by atoms with E-state index in [0.29, 0.717) is 6.04 Å². The molecule has 1 aliphatic rings. The average Bonchev–Trinajstić information content (AvgIpc) is 2.28. The molecule has 0 aliphatic carbocycles. The van der Waals surface area contributed by atoms with Crippen molar-refractivity contribution in [1.82, 2.24) is 9.97 Å². The molecule has 0 N–H and O–H groups in total. The number of fused-ring (bicyclic) bond motifs is 1. The molecular weight excluding hydrogens is 186 g/mol. The minimum absolute atomic E-state index is 0.637. The minimum atomic E-state index is 0.637. The standard InChI is InChI=1S/C12H13N3/c1-9-4-6-15(9)12-8-13-7-11-10(12)3-2-5-14-11/h2-3,5,7-9H,4,6H2,1H3/t9-/m0/s1. The summed E-state index contributed by atoms with van der Waals surface area (Å²) in [5.74, 6) is 0. The van der Waals surface area contributed by atoms with E-state index in [-0.39, 0.29) is 0 Å². The van der Waals surface area contributed by atoms with Gasteiger partial charge < -0.3 is 4.90 Å². The number of aromatic nitrogens is 2. The Balaban J connectivity index is 2.17. The predicted octanol–water partition coefficient (Wildman–Crippen LogP) is 2.23. The Morgan fingerprint density at radius 1 is 1.40 bits per heavy atom. The van der Waals surface area contributed by atoms with Crippen molar-refractivity contribution < 1.29 is 0 Å². The van der Waals surface area contributed by atoms with Crippen LogP contribution in [0.1, 0.15) is 13.3 Å². The molecule has 1 fully saturated rings. The van der Waals surface area contributed by atoms with Gasteiger partial charge >= 0.3 is 0 Å². The minimum Gasteiger partial charge on any atom is -0.367 e. The highest BCUT2D eigenvalue weighted by molar-refractivity contribution is 5.91. The summed E-state index contributed by atoms with van der Waals surface area (Å²) >= 11 is 0. The van der Waals surface area contributed by atoms with Crippen LogP contribution in [0.5, 0.6) is 0 Å². The molecule has 0 radical (unpaired) electrons. The van der Waals surface area contributed by atoms with Crippen LogP contribution in [0.25, 0.3) is 10.9 Å². The highest BCUT2D eigenvalue weighted by Crippen LogP contribution is 2.30. The van der Waals surface area contributed by atoms with Crippen molar-refractivity contribution in [3.8, 4) is 0 Å². The van der Waals surface area contributed by atoms with Gasteiger partial charge in [0.05, 0.1) is 23.6 Å². The summed E-state index contributed by atoms with van der Waals surface area (Å²) in [5.41, 5.74) is 2.20. The fraction of sp³-hybridized carbons (Fsp3) is 0.333. The summed E-state index contributed by atoms with van der Waals surface area (Å²) < 4.78 is 0. The van der Waals surface area contributed by atoms with Crippen molar-refractivity contribution >= 4 is 16.6 Å². The maximum atomic E-state index is 4.32. The molecule has 1 aliphatic heterocycles. The van der Waals surface area contributed by atoms with E-state index in [4.69, 9.17) is 0 Å². The molecule has 0 unspecified atom stereocenters. The van der Waals surface area contributed by atoms with Crippen molar-refractivity contribution in [2.24, 2.45) is 0 Å². The Kier molecular flexibility index (Phi) is 1.84. The Bertz CT molecular complexity index is 490. The third-order valence-corrected chi connectivity index (χ3v) is 3.14. The molecule has 2 aromatic rings. The van der Waals surface area contributed by atoms with Crippen LogP contribution in [0.2, 0.25) is 0 Å². The molecule has 0 amide bonds. The van der Waals surface area contributed by atoms with Gasteiger partial charge in [-0.3, -0.25) is 9.97 Å².